The monoisotopic (exact) mass is 897 g/mol. The van der Waals surface area contributed by atoms with Crippen molar-refractivity contribution in [3.8, 4) is 5.75 Å². The van der Waals surface area contributed by atoms with E-state index in [9.17, 15) is 32.3 Å². The number of nitrogens with one attached hydrogen (secondary N) is 2. The maximum atomic E-state index is 13.4. The second-order valence-corrected chi connectivity index (χ2v) is 17.3. The van der Waals surface area contributed by atoms with Crippen molar-refractivity contribution in [1.82, 2.24) is 29.2 Å². The summed E-state index contributed by atoms with van der Waals surface area (Å²) in [6, 6.07) is 12.0. The number of halogens is 3. The van der Waals surface area contributed by atoms with Crippen LogP contribution in [0.15, 0.2) is 78.1 Å². The number of fused-ring (bicyclic) bond motifs is 1. The van der Waals surface area contributed by atoms with Gasteiger partial charge in [-0.15, -0.1) is 0 Å². The Morgan fingerprint density at radius 1 is 0.908 bits per heavy atom. The van der Waals surface area contributed by atoms with Gasteiger partial charge in [0.1, 0.15) is 23.7 Å². The van der Waals surface area contributed by atoms with Crippen LogP contribution in [-0.2, 0) is 27.0 Å². The van der Waals surface area contributed by atoms with E-state index >= 15 is 0 Å². The van der Waals surface area contributed by atoms with Gasteiger partial charge in [-0.05, 0) is 119 Å². The van der Waals surface area contributed by atoms with Gasteiger partial charge in [0, 0.05) is 55.7 Å². The fraction of sp³-hybridized carbons (Fsp3) is 0.468. The zero-order chi connectivity index (χ0) is 45.7. The first-order chi connectivity index (χ1) is 31.3. The minimum atomic E-state index is -4.67. The summed E-state index contributed by atoms with van der Waals surface area (Å²) in [6.45, 7) is 6.18. The molecule has 15 nitrogen and oxygen atoms in total. The topological polar surface area (TPSA) is 166 Å². The van der Waals surface area contributed by atoms with E-state index in [1.807, 2.05) is 23.3 Å². The molecule has 1 saturated carbocycles. The number of likely N-dealkylation sites (tertiary alicyclic amines) is 1. The molecule has 0 unspecified atom stereocenters. The van der Waals surface area contributed by atoms with Gasteiger partial charge in [0.25, 0.3) is 11.5 Å². The standard InChI is InChI=1S/C47H54F3N9O6/c1-3-65-44(61)29-58-28-35(11-14-43(58)60)52-45(62)32-6-5-17-57(26-32)37-20-33(23-51-24-37)31-15-18-56(19-16-31)25-30-9-12-36(13-10-30)59-27-34-21-40(41(64-2)22-39(34)55-59)54-46(63)38-7-4-8-42(53-38)47(48,49)50/h4,7-8,11,14,20-24,27-28,30-32,36H,3,5-6,9-10,12-13,15-19,25-26,29H2,1-2H3,(H,52,62)(H,54,63)/t30?,32-,36?/m0/s1. The van der Waals surface area contributed by atoms with Gasteiger partial charge < -0.3 is 34.5 Å². The summed E-state index contributed by atoms with van der Waals surface area (Å²) in [7, 11) is 1.46. The molecule has 4 aromatic heterocycles. The molecule has 2 saturated heterocycles. The molecule has 0 spiro atoms. The number of aromatic nitrogens is 5. The van der Waals surface area contributed by atoms with Crippen molar-refractivity contribution in [2.45, 2.75) is 83.0 Å². The Morgan fingerprint density at radius 3 is 2.46 bits per heavy atom. The molecule has 18 heteroatoms. The number of esters is 1. The number of pyridine rings is 3. The molecule has 6 heterocycles. The lowest BCUT2D eigenvalue weighted by molar-refractivity contribution is -0.144. The van der Waals surface area contributed by atoms with Crippen LogP contribution in [-0.4, -0.2) is 93.4 Å². The third-order valence-corrected chi connectivity index (χ3v) is 12.9. The number of amides is 2. The Kier molecular flexibility index (Phi) is 13.8. The van der Waals surface area contributed by atoms with Crippen molar-refractivity contribution in [2.75, 3.05) is 62.0 Å². The first-order valence-corrected chi connectivity index (χ1v) is 22.3. The number of methoxy groups -OCH3 is 1. The molecule has 1 aromatic carbocycles. The molecule has 3 aliphatic rings. The van der Waals surface area contributed by atoms with Crippen molar-refractivity contribution in [3.63, 3.8) is 0 Å². The number of nitrogens with zero attached hydrogens (tertiary/aromatic N) is 7. The molecular weight excluding hydrogens is 844 g/mol. The lowest BCUT2D eigenvalue weighted by Crippen LogP contribution is -2.41. The summed E-state index contributed by atoms with van der Waals surface area (Å²) in [5, 5.41) is 11.2. The van der Waals surface area contributed by atoms with Crippen molar-refractivity contribution >= 4 is 45.7 Å². The van der Waals surface area contributed by atoms with Crippen molar-refractivity contribution in [1.29, 1.82) is 0 Å². The Bertz CT molecular complexity index is 2560. The molecule has 2 amide bonds. The molecule has 1 atom stereocenters. The van der Waals surface area contributed by atoms with Gasteiger partial charge in [0.05, 0.1) is 54.5 Å². The van der Waals surface area contributed by atoms with Gasteiger partial charge in [0.2, 0.25) is 5.91 Å². The Balaban J connectivity index is 0.805. The summed E-state index contributed by atoms with van der Waals surface area (Å²) in [5.74, 6) is -0.342. The van der Waals surface area contributed by atoms with Crippen LogP contribution in [0.4, 0.5) is 30.2 Å². The maximum absolute atomic E-state index is 13.4. The second kappa shape index (κ2) is 19.8. The number of ether oxygens (including phenoxy) is 2. The number of anilines is 3. The summed E-state index contributed by atoms with van der Waals surface area (Å²) in [4.78, 5) is 63.6. The SMILES string of the molecule is CCOC(=O)Cn1cc(NC(=O)[C@H]2CCCN(c3cncc(C4CCN(CC5CCC(n6cc7cc(NC(=O)c8cccc(C(F)(F)F)n8)c(OC)cc7n6)CC5)CC4)c3)C2)ccc1=O. The molecule has 5 aromatic rings. The highest BCUT2D eigenvalue weighted by Gasteiger charge is 2.33. The normalized spacial score (nSPS) is 19.8. The van der Waals surface area contributed by atoms with Crippen molar-refractivity contribution in [3.05, 3.63) is 101 Å². The van der Waals surface area contributed by atoms with Gasteiger partial charge in [-0.1, -0.05) is 6.07 Å². The van der Waals surface area contributed by atoms with Crippen LogP contribution in [0.25, 0.3) is 10.9 Å². The summed E-state index contributed by atoms with van der Waals surface area (Å²) < 4.78 is 53.3. The Morgan fingerprint density at radius 2 is 1.71 bits per heavy atom. The van der Waals surface area contributed by atoms with Crippen molar-refractivity contribution < 1.29 is 37.0 Å². The van der Waals surface area contributed by atoms with Gasteiger partial charge in [-0.2, -0.15) is 18.3 Å². The minimum absolute atomic E-state index is 0.128. The molecule has 65 heavy (non-hydrogen) atoms. The van der Waals surface area contributed by atoms with Crippen LogP contribution in [0.1, 0.15) is 92.0 Å². The highest BCUT2D eigenvalue weighted by molar-refractivity contribution is 6.05. The van der Waals surface area contributed by atoms with Gasteiger partial charge >= 0.3 is 12.1 Å². The molecule has 2 aliphatic heterocycles. The number of hydrogen-bond donors (Lipinski definition) is 2. The van der Waals surface area contributed by atoms with Crippen LogP contribution in [0.3, 0.4) is 0 Å². The van der Waals surface area contributed by atoms with E-state index in [0.29, 0.717) is 41.0 Å². The van der Waals surface area contributed by atoms with Crippen LogP contribution in [0, 0.1) is 11.8 Å². The molecule has 0 radical (unpaired) electrons. The maximum Gasteiger partial charge on any atom is 0.433 e. The molecule has 3 fully saturated rings. The fourth-order valence-corrected chi connectivity index (χ4v) is 9.42. The zero-order valence-corrected chi connectivity index (χ0v) is 36.6. The predicted molar refractivity (Wildman–Crippen MR) is 238 cm³/mol. The smallest absolute Gasteiger partial charge is 0.433 e. The summed E-state index contributed by atoms with van der Waals surface area (Å²) >= 11 is 0. The van der Waals surface area contributed by atoms with E-state index in [1.54, 1.807) is 25.1 Å². The van der Waals surface area contributed by atoms with Gasteiger partial charge in [0.15, 0.2) is 0 Å². The predicted octanol–water partition coefficient (Wildman–Crippen LogP) is 7.30. The first-order valence-electron chi connectivity index (χ1n) is 22.3. The number of rotatable bonds is 13. The second-order valence-electron chi connectivity index (χ2n) is 17.3. The molecular formula is C47H54F3N9O6. The first kappa shape index (κ1) is 45.3. The number of carbonyl (C=O) groups excluding carboxylic acids is 3. The van der Waals surface area contributed by atoms with E-state index < -0.39 is 23.7 Å². The lowest BCUT2D eigenvalue weighted by Gasteiger charge is -2.37. The van der Waals surface area contributed by atoms with Gasteiger partial charge in [-0.3, -0.25) is 28.8 Å². The van der Waals surface area contributed by atoms with E-state index in [1.165, 1.54) is 35.6 Å². The number of piperidine rings is 2. The van der Waals surface area contributed by atoms with Crippen LogP contribution < -0.4 is 25.8 Å². The summed E-state index contributed by atoms with van der Waals surface area (Å²) in [6.07, 6.45) is 10.5. The van der Waals surface area contributed by atoms with Crippen molar-refractivity contribution in [2.24, 2.45) is 11.8 Å². The highest BCUT2D eigenvalue weighted by atomic mass is 19.4. The van der Waals surface area contributed by atoms with E-state index in [0.717, 1.165) is 101 Å². The van der Waals surface area contributed by atoms with E-state index in [-0.39, 0.29) is 42.3 Å². The third-order valence-electron chi connectivity index (χ3n) is 12.9. The fourth-order valence-electron chi connectivity index (χ4n) is 9.42. The van der Waals surface area contributed by atoms with E-state index in [4.69, 9.17) is 14.6 Å². The third kappa shape index (κ3) is 11.0. The Hall–Kier alpha value is -6.30. The lowest BCUT2D eigenvalue weighted by atomic mass is 9.84. The molecule has 1 aliphatic carbocycles. The minimum Gasteiger partial charge on any atom is -0.494 e. The number of alkyl halides is 3. The number of carbonyl (C=O) groups is 3. The number of hydrogen-bond acceptors (Lipinski definition) is 11. The molecule has 344 valence electrons. The Labute approximate surface area is 374 Å². The molecule has 2 N–H and O–H groups in total. The molecule has 8 rings (SSSR count). The van der Waals surface area contributed by atoms with Crippen LogP contribution in [0.2, 0.25) is 0 Å². The molecule has 0 bridgehead atoms. The quantitative estimate of drug-likeness (QED) is 0.114. The zero-order valence-electron chi connectivity index (χ0n) is 36.6. The highest BCUT2D eigenvalue weighted by Crippen LogP contribution is 2.37. The van der Waals surface area contributed by atoms with E-state index in [2.05, 4.69) is 36.5 Å². The van der Waals surface area contributed by atoms with Crippen LogP contribution in [0.5, 0.6) is 5.75 Å². The number of benzene rings is 1. The van der Waals surface area contributed by atoms with Crippen LogP contribution >= 0.6 is 0 Å². The summed E-state index contributed by atoms with van der Waals surface area (Å²) in [5.41, 5.74) is 1.86. The average molecular weight is 898 g/mol. The van der Waals surface area contributed by atoms with Gasteiger partial charge in [-0.25, -0.2) is 4.98 Å². The average Bonchev–Trinajstić information content (AvgIpc) is 3.73. The largest absolute Gasteiger partial charge is 0.494 e.